The van der Waals surface area contributed by atoms with Gasteiger partial charge < -0.3 is 14.9 Å². The third-order valence-corrected chi connectivity index (χ3v) is 5.29. The summed E-state index contributed by atoms with van der Waals surface area (Å²) < 4.78 is 38.4. The first-order valence-corrected chi connectivity index (χ1v) is 8.95. The fraction of sp³-hybridized carbons (Fsp3) is 0.300. The van der Waals surface area contributed by atoms with Gasteiger partial charge in [-0.3, -0.25) is 9.59 Å². The first-order valence-electron chi connectivity index (χ1n) is 8.95. The monoisotopic (exact) mass is 389 g/mol. The van der Waals surface area contributed by atoms with Crippen molar-refractivity contribution in [2.24, 2.45) is 0 Å². The highest BCUT2D eigenvalue weighted by Crippen LogP contribution is 2.36. The number of carbonyl (C=O) groups excluding carboxylic acids is 1. The van der Waals surface area contributed by atoms with E-state index in [2.05, 4.69) is 9.97 Å². The molecular weight excluding hydrogens is 371 g/mol. The summed E-state index contributed by atoms with van der Waals surface area (Å²) in [7, 11) is 0. The average Bonchev–Trinajstić information content (AvgIpc) is 3.31. The van der Waals surface area contributed by atoms with Gasteiger partial charge in [0.2, 0.25) is 0 Å². The Labute approximate surface area is 158 Å². The number of nitrogens with zero attached hydrogens (tertiary/aromatic N) is 1. The van der Waals surface area contributed by atoms with E-state index in [-0.39, 0.29) is 23.1 Å². The fourth-order valence-corrected chi connectivity index (χ4v) is 3.86. The molecule has 1 aliphatic heterocycles. The van der Waals surface area contributed by atoms with Gasteiger partial charge in [0.1, 0.15) is 0 Å². The van der Waals surface area contributed by atoms with Crippen molar-refractivity contribution in [3.63, 3.8) is 0 Å². The molecule has 0 aliphatic carbocycles. The summed E-state index contributed by atoms with van der Waals surface area (Å²) in [6, 6.07) is 4.60. The molecule has 1 atom stereocenters. The molecule has 28 heavy (non-hydrogen) atoms. The highest BCUT2D eigenvalue weighted by atomic mass is 19.4. The summed E-state index contributed by atoms with van der Waals surface area (Å²) in [5.41, 5.74) is 1.29. The molecule has 5 nitrogen and oxygen atoms in total. The van der Waals surface area contributed by atoms with Crippen LogP contribution in [0.3, 0.4) is 0 Å². The van der Waals surface area contributed by atoms with Gasteiger partial charge in [-0.25, -0.2) is 0 Å². The quantitative estimate of drug-likeness (QED) is 0.691. The predicted octanol–water partition coefficient (Wildman–Crippen LogP) is 4.16. The lowest BCUT2D eigenvalue weighted by molar-refractivity contribution is -0.137. The summed E-state index contributed by atoms with van der Waals surface area (Å²) in [5, 5.41) is 0.308. The number of benzene rings is 1. The lowest BCUT2D eigenvalue weighted by Crippen LogP contribution is -2.31. The minimum atomic E-state index is -4.40. The molecule has 0 bridgehead atoms. The zero-order chi connectivity index (χ0) is 20.1. The molecular formula is C20H18F3N3O2. The van der Waals surface area contributed by atoms with Crippen molar-refractivity contribution in [3.8, 4) is 0 Å². The van der Waals surface area contributed by atoms with Gasteiger partial charge in [0, 0.05) is 18.9 Å². The van der Waals surface area contributed by atoms with E-state index < -0.39 is 11.7 Å². The topological polar surface area (TPSA) is 69.0 Å². The Kier molecular flexibility index (Phi) is 4.28. The van der Waals surface area contributed by atoms with Gasteiger partial charge in [-0.2, -0.15) is 13.2 Å². The number of likely N-dealkylation sites (tertiary alicyclic amines) is 1. The molecule has 1 amide bonds. The molecule has 0 radical (unpaired) electrons. The molecule has 8 heteroatoms. The third-order valence-electron chi connectivity index (χ3n) is 5.29. The summed E-state index contributed by atoms with van der Waals surface area (Å²) in [6.07, 6.45) is 0.115. The van der Waals surface area contributed by atoms with Crippen LogP contribution in [-0.2, 0) is 6.18 Å². The molecule has 0 saturated carbocycles. The molecule has 1 saturated heterocycles. The van der Waals surface area contributed by atoms with E-state index in [1.807, 2.05) is 6.92 Å². The molecule has 1 aliphatic rings. The molecule has 2 N–H and O–H groups in total. The zero-order valence-electron chi connectivity index (χ0n) is 15.1. The van der Waals surface area contributed by atoms with Crippen LogP contribution >= 0.6 is 0 Å². The van der Waals surface area contributed by atoms with Crippen LogP contribution in [0.1, 0.15) is 45.9 Å². The van der Waals surface area contributed by atoms with Crippen LogP contribution in [-0.4, -0.2) is 27.3 Å². The second-order valence-electron chi connectivity index (χ2n) is 7.03. The molecule has 0 spiro atoms. The largest absolute Gasteiger partial charge is 0.416 e. The maximum atomic E-state index is 13.2. The number of alkyl halides is 3. The molecule has 1 unspecified atom stereocenters. The summed E-state index contributed by atoms with van der Waals surface area (Å²) in [6.45, 7) is 2.31. The number of halogens is 3. The number of carbonyl (C=O) groups is 1. The van der Waals surface area contributed by atoms with E-state index in [4.69, 9.17) is 0 Å². The second kappa shape index (κ2) is 6.54. The summed E-state index contributed by atoms with van der Waals surface area (Å²) in [4.78, 5) is 32.7. The minimum absolute atomic E-state index is 0.277. The molecule has 1 fully saturated rings. The average molecular weight is 389 g/mol. The van der Waals surface area contributed by atoms with Crippen molar-refractivity contribution in [2.75, 3.05) is 6.54 Å². The molecule has 3 aromatic rings. The lowest BCUT2D eigenvalue weighted by Gasteiger charge is -2.25. The van der Waals surface area contributed by atoms with Gasteiger partial charge in [-0.05, 0) is 43.0 Å². The number of hydrogen-bond donors (Lipinski definition) is 2. The van der Waals surface area contributed by atoms with Crippen LogP contribution in [0.15, 0.2) is 41.5 Å². The number of rotatable bonds is 2. The SMILES string of the molecule is Cc1c[nH]c(=O)c2c(C(=O)N3CCCC3c3ccc(C(F)(F)F)cc3)c[nH]c12. The smallest absolute Gasteiger partial charge is 0.360 e. The van der Waals surface area contributed by atoms with Gasteiger partial charge in [-0.1, -0.05) is 12.1 Å². The normalized spacial score (nSPS) is 17.4. The Hall–Kier alpha value is -3.03. The van der Waals surface area contributed by atoms with Gasteiger partial charge in [0.15, 0.2) is 0 Å². The Morgan fingerprint density at radius 3 is 2.54 bits per heavy atom. The number of aromatic nitrogens is 2. The number of aryl methyl sites for hydroxylation is 1. The van der Waals surface area contributed by atoms with E-state index in [1.54, 1.807) is 11.1 Å². The minimum Gasteiger partial charge on any atom is -0.360 e. The number of pyridine rings is 1. The van der Waals surface area contributed by atoms with Crippen molar-refractivity contribution in [2.45, 2.75) is 32.0 Å². The van der Waals surface area contributed by atoms with E-state index in [0.717, 1.165) is 24.1 Å². The first kappa shape index (κ1) is 18.3. The van der Waals surface area contributed by atoms with Gasteiger partial charge in [0.25, 0.3) is 11.5 Å². The molecule has 2 aromatic heterocycles. The van der Waals surface area contributed by atoms with Gasteiger partial charge >= 0.3 is 6.18 Å². The number of fused-ring (bicyclic) bond motifs is 1. The van der Waals surface area contributed by atoms with Crippen molar-refractivity contribution < 1.29 is 18.0 Å². The molecule has 4 rings (SSSR count). The van der Waals surface area contributed by atoms with E-state index in [9.17, 15) is 22.8 Å². The number of H-pyrrole nitrogens is 2. The Morgan fingerprint density at radius 1 is 1.14 bits per heavy atom. The van der Waals surface area contributed by atoms with Crippen LogP contribution < -0.4 is 5.56 Å². The molecule has 3 heterocycles. The fourth-order valence-electron chi connectivity index (χ4n) is 3.86. The standard InChI is InChI=1S/C20H18F3N3O2/c1-11-9-25-18(27)16-14(10-24-17(11)16)19(28)26-8-2-3-15(26)12-4-6-13(7-5-12)20(21,22)23/h4-7,9-10,15,24H,2-3,8H2,1H3,(H,25,27). The highest BCUT2D eigenvalue weighted by molar-refractivity contribution is 6.07. The van der Waals surface area contributed by atoms with Crippen LogP contribution in [0, 0.1) is 6.92 Å². The third kappa shape index (κ3) is 2.98. The number of hydrogen-bond acceptors (Lipinski definition) is 2. The van der Waals surface area contributed by atoms with Crippen LogP contribution in [0.5, 0.6) is 0 Å². The highest BCUT2D eigenvalue weighted by Gasteiger charge is 2.34. The number of nitrogens with one attached hydrogen (secondary N) is 2. The molecule has 1 aromatic carbocycles. The maximum Gasteiger partial charge on any atom is 0.416 e. The maximum absolute atomic E-state index is 13.2. The lowest BCUT2D eigenvalue weighted by atomic mass is 10.0. The van der Waals surface area contributed by atoms with E-state index >= 15 is 0 Å². The number of amides is 1. The Balaban J connectivity index is 1.68. The van der Waals surface area contributed by atoms with Crippen LogP contribution in [0.25, 0.3) is 10.9 Å². The molecule has 146 valence electrons. The number of aromatic amines is 2. The van der Waals surface area contributed by atoms with E-state index in [0.29, 0.717) is 29.4 Å². The van der Waals surface area contributed by atoms with Crippen molar-refractivity contribution >= 4 is 16.8 Å². The summed E-state index contributed by atoms with van der Waals surface area (Å²) >= 11 is 0. The zero-order valence-corrected chi connectivity index (χ0v) is 15.1. The van der Waals surface area contributed by atoms with Crippen molar-refractivity contribution in [3.05, 3.63) is 69.3 Å². The first-order chi connectivity index (χ1) is 13.3. The Morgan fingerprint density at radius 2 is 1.86 bits per heavy atom. The van der Waals surface area contributed by atoms with Gasteiger partial charge in [0.05, 0.1) is 28.1 Å². The van der Waals surface area contributed by atoms with Crippen molar-refractivity contribution in [1.29, 1.82) is 0 Å². The summed E-state index contributed by atoms with van der Waals surface area (Å²) in [5.74, 6) is -0.301. The second-order valence-corrected chi connectivity index (χ2v) is 7.03. The van der Waals surface area contributed by atoms with Gasteiger partial charge in [-0.15, -0.1) is 0 Å². The van der Waals surface area contributed by atoms with Crippen LogP contribution in [0.4, 0.5) is 13.2 Å². The Bertz CT molecular complexity index is 1100. The predicted molar refractivity (Wildman–Crippen MR) is 98.1 cm³/mol. The van der Waals surface area contributed by atoms with Crippen molar-refractivity contribution in [1.82, 2.24) is 14.9 Å². The van der Waals surface area contributed by atoms with Crippen LogP contribution in [0.2, 0.25) is 0 Å². The van der Waals surface area contributed by atoms with E-state index in [1.165, 1.54) is 18.3 Å².